The van der Waals surface area contributed by atoms with Crippen molar-refractivity contribution in [1.29, 1.82) is 0 Å². The maximum absolute atomic E-state index is 5.80. The van der Waals surface area contributed by atoms with E-state index in [9.17, 15) is 0 Å². The lowest BCUT2D eigenvalue weighted by Gasteiger charge is -2.22. The van der Waals surface area contributed by atoms with E-state index in [1.807, 2.05) is 0 Å². The summed E-state index contributed by atoms with van der Waals surface area (Å²) < 4.78 is 5.80. The van der Waals surface area contributed by atoms with Gasteiger partial charge in [0, 0.05) is 5.92 Å². The van der Waals surface area contributed by atoms with Gasteiger partial charge in [-0.25, -0.2) is 4.99 Å². The number of hydrogen-bond acceptors (Lipinski definition) is 2. The Balaban J connectivity index is 2.06. The van der Waals surface area contributed by atoms with Crippen LogP contribution in [0.3, 0.4) is 0 Å². The Hall–Kier alpha value is -0.530. The Kier molecular flexibility index (Phi) is 2.78. The van der Waals surface area contributed by atoms with E-state index in [1.165, 1.54) is 19.3 Å². The highest BCUT2D eigenvalue weighted by Gasteiger charge is 2.36. The van der Waals surface area contributed by atoms with E-state index in [0.29, 0.717) is 12.0 Å². The molecule has 2 aliphatic rings. The first-order valence-electron chi connectivity index (χ1n) is 6.19. The molecule has 0 N–H and O–H groups in total. The second-order valence-electron chi connectivity index (χ2n) is 6.17. The van der Waals surface area contributed by atoms with Crippen molar-refractivity contribution in [2.24, 2.45) is 22.2 Å². The minimum Gasteiger partial charge on any atom is -0.478 e. The maximum atomic E-state index is 5.80. The van der Waals surface area contributed by atoms with Gasteiger partial charge in [-0.2, -0.15) is 0 Å². The second kappa shape index (κ2) is 3.80. The van der Waals surface area contributed by atoms with Gasteiger partial charge in [0.15, 0.2) is 5.90 Å². The summed E-state index contributed by atoms with van der Waals surface area (Å²) in [6, 6.07) is 0.361. The Morgan fingerprint density at radius 2 is 2.00 bits per heavy atom. The molecule has 1 fully saturated rings. The van der Waals surface area contributed by atoms with Crippen LogP contribution in [0.25, 0.3) is 0 Å². The first-order valence-corrected chi connectivity index (χ1v) is 6.19. The van der Waals surface area contributed by atoms with Crippen molar-refractivity contribution in [2.45, 2.75) is 53.0 Å². The monoisotopic (exact) mass is 209 g/mol. The average Bonchev–Trinajstić information content (AvgIpc) is 2.69. The van der Waals surface area contributed by atoms with Crippen molar-refractivity contribution in [3.8, 4) is 0 Å². The van der Waals surface area contributed by atoms with Crippen LogP contribution in [0.5, 0.6) is 0 Å². The molecule has 2 nitrogen and oxygen atoms in total. The van der Waals surface area contributed by atoms with Gasteiger partial charge in [0.1, 0.15) is 6.61 Å². The van der Waals surface area contributed by atoms with E-state index in [1.54, 1.807) is 0 Å². The topological polar surface area (TPSA) is 21.6 Å². The molecule has 2 heteroatoms. The SMILES string of the molecule is CC1CCCC1C1=N[C@H](C(C)(C)C)CO1. The van der Waals surface area contributed by atoms with Crippen LogP contribution in [0.1, 0.15) is 47.0 Å². The van der Waals surface area contributed by atoms with E-state index in [0.717, 1.165) is 18.4 Å². The molecule has 1 heterocycles. The number of hydrogen-bond donors (Lipinski definition) is 0. The van der Waals surface area contributed by atoms with Crippen molar-refractivity contribution in [3.05, 3.63) is 0 Å². The van der Waals surface area contributed by atoms with Crippen molar-refractivity contribution < 1.29 is 4.74 Å². The normalized spacial score (nSPS) is 36.5. The van der Waals surface area contributed by atoms with E-state index in [4.69, 9.17) is 9.73 Å². The quantitative estimate of drug-likeness (QED) is 0.649. The van der Waals surface area contributed by atoms with Crippen LogP contribution < -0.4 is 0 Å². The van der Waals surface area contributed by atoms with Crippen LogP contribution in [0.4, 0.5) is 0 Å². The number of aliphatic imine (C=N–C) groups is 1. The summed E-state index contributed by atoms with van der Waals surface area (Å²) in [6.07, 6.45) is 3.96. The first-order chi connectivity index (χ1) is 6.98. The largest absolute Gasteiger partial charge is 0.478 e. The van der Waals surface area contributed by atoms with Crippen LogP contribution in [-0.2, 0) is 4.74 Å². The third-order valence-electron chi connectivity index (χ3n) is 3.85. The standard InChI is InChI=1S/C13H23NO/c1-9-6-5-7-10(9)12-14-11(8-15-12)13(2,3)4/h9-11H,5-8H2,1-4H3/t9?,10?,11-/m0/s1. The lowest BCUT2D eigenvalue weighted by Crippen LogP contribution is -2.25. The van der Waals surface area contributed by atoms with Gasteiger partial charge in [0.25, 0.3) is 0 Å². The summed E-state index contributed by atoms with van der Waals surface area (Å²) in [7, 11) is 0. The molecule has 15 heavy (non-hydrogen) atoms. The van der Waals surface area contributed by atoms with Gasteiger partial charge in [-0.1, -0.05) is 34.1 Å². The molecule has 1 aliphatic carbocycles. The Morgan fingerprint density at radius 3 is 2.47 bits per heavy atom. The summed E-state index contributed by atoms with van der Waals surface area (Å²) in [5.41, 5.74) is 0.240. The van der Waals surface area contributed by atoms with Gasteiger partial charge in [0.05, 0.1) is 6.04 Å². The molecule has 3 atom stereocenters. The van der Waals surface area contributed by atoms with Crippen LogP contribution in [-0.4, -0.2) is 18.5 Å². The maximum Gasteiger partial charge on any atom is 0.187 e. The lowest BCUT2D eigenvalue weighted by atomic mass is 9.88. The highest BCUT2D eigenvalue weighted by Crippen LogP contribution is 2.36. The van der Waals surface area contributed by atoms with E-state index < -0.39 is 0 Å². The van der Waals surface area contributed by atoms with Gasteiger partial charge in [-0.3, -0.25) is 0 Å². The Morgan fingerprint density at radius 1 is 1.27 bits per heavy atom. The fourth-order valence-corrected chi connectivity index (χ4v) is 2.55. The molecule has 0 aromatic carbocycles. The zero-order valence-electron chi connectivity index (χ0n) is 10.4. The van der Waals surface area contributed by atoms with Gasteiger partial charge in [-0.15, -0.1) is 0 Å². The molecule has 0 aromatic rings. The lowest BCUT2D eigenvalue weighted by molar-refractivity contribution is 0.226. The molecule has 0 radical (unpaired) electrons. The highest BCUT2D eigenvalue weighted by molar-refractivity contribution is 5.80. The summed E-state index contributed by atoms with van der Waals surface area (Å²) >= 11 is 0. The van der Waals surface area contributed by atoms with Crippen LogP contribution >= 0.6 is 0 Å². The molecular formula is C13H23NO. The summed E-state index contributed by atoms with van der Waals surface area (Å²) in [6.45, 7) is 9.85. The molecule has 1 aliphatic heterocycles. The number of ether oxygens (including phenoxy) is 1. The van der Waals surface area contributed by atoms with E-state index in [-0.39, 0.29) is 5.41 Å². The highest BCUT2D eigenvalue weighted by atomic mass is 16.5. The predicted octanol–water partition coefficient (Wildman–Crippen LogP) is 3.27. The van der Waals surface area contributed by atoms with E-state index in [2.05, 4.69) is 27.7 Å². The summed E-state index contributed by atoms with van der Waals surface area (Å²) in [5.74, 6) is 2.43. The molecule has 2 rings (SSSR count). The smallest absolute Gasteiger partial charge is 0.187 e. The summed E-state index contributed by atoms with van der Waals surface area (Å²) in [4.78, 5) is 4.79. The van der Waals surface area contributed by atoms with Gasteiger partial charge in [0.2, 0.25) is 0 Å². The molecule has 1 saturated carbocycles. The average molecular weight is 209 g/mol. The predicted molar refractivity (Wildman–Crippen MR) is 63.1 cm³/mol. The molecule has 0 spiro atoms. The van der Waals surface area contributed by atoms with Crippen molar-refractivity contribution in [3.63, 3.8) is 0 Å². The molecular weight excluding hydrogens is 186 g/mol. The van der Waals surface area contributed by atoms with Crippen LogP contribution in [0, 0.1) is 17.3 Å². The molecule has 0 aromatic heterocycles. The minimum atomic E-state index is 0.240. The fraction of sp³-hybridized carbons (Fsp3) is 0.923. The van der Waals surface area contributed by atoms with Crippen molar-refractivity contribution in [1.82, 2.24) is 0 Å². The molecule has 0 saturated heterocycles. The summed E-state index contributed by atoms with van der Waals surface area (Å²) in [5, 5.41) is 0. The number of nitrogens with zero attached hydrogens (tertiary/aromatic N) is 1. The zero-order valence-corrected chi connectivity index (χ0v) is 10.4. The molecule has 0 bridgehead atoms. The fourth-order valence-electron chi connectivity index (χ4n) is 2.55. The molecule has 86 valence electrons. The minimum absolute atomic E-state index is 0.240. The molecule has 2 unspecified atom stereocenters. The Bertz CT molecular complexity index is 264. The van der Waals surface area contributed by atoms with E-state index >= 15 is 0 Å². The third-order valence-corrected chi connectivity index (χ3v) is 3.85. The molecule has 0 amide bonds. The van der Waals surface area contributed by atoms with Gasteiger partial charge in [-0.05, 0) is 24.2 Å². The second-order valence-corrected chi connectivity index (χ2v) is 6.17. The van der Waals surface area contributed by atoms with Crippen LogP contribution in [0.2, 0.25) is 0 Å². The van der Waals surface area contributed by atoms with Crippen molar-refractivity contribution >= 4 is 5.90 Å². The van der Waals surface area contributed by atoms with Gasteiger partial charge < -0.3 is 4.74 Å². The number of rotatable bonds is 1. The third kappa shape index (κ3) is 2.19. The van der Waals surface area contributed by atoms with Gasteiger partial charge >= 0.3 is 0 Å². The Labute approximate surface area is 93.1 Å². The van der Waals surface area contributed by atoms with Crippen molar-refractivity contribution in [2.75, 3.05) is 6.61 Å². The zero-order chi connectivity index (χ0) is 11.1. The van der Waals surface area contributed by atoms with Crippen LogP contribution in [0.15, 0.2) is 4.99 Å². The first kappa shape index (κ1) is 11.0.